The van der Waals surface area contributed by atoms with Gasteiger partial charge in [-0.25, -0.2) is 8.42 Å². The maximum absolute atomic E-state index is 13.2. The third kappa shape index (κ3) is 4.15. The summed E-state index contributed by atoms with van der Waals surface area (Å²) >= 11 is 0. The largest absolute Gasteiger partial charge is 0.497 e. The van der Waals surface area contributed by atoms with Crippen molar-refractivity contribution in [2.45, 2.75) is 4.90 Å². The van der Waals surface area contributed by atoms with Gasteiger partial charge in [0.1, 0.15) is 10.7 Å². The van der Waals surface area contributed by atoms with E-state index < -0.39 is 15.6 Å². The normalized spacial score (nSPS) is 11.8. The summed E-state index contributed by atoms with van der Waals surface area (Å²) in [4.78, 5) is 12.9. The van der Waals surface area contributed by atoms with Crippen LogP contribution in [0.2, 0.25) is 0 Å². The van der Waals surface area contributed by atoms with Crippen LogP contribution >= 0.6 is 0 Å². The molecule has 0 radical (unpaired) electrons. The number of sulfone groups is 1. The van der Waals surface area contributed by atoms with E-state index in [1.807, 2.05) is 6.07 Å². The Morgan fingerprint density at radius 2 is 1.37 bits per heavy atom. The summed E-state index contributed by atoms with van der Waals surface area (Å²) in [5.74, 6) is 0.0245. The maximum Gasteiger partial charge on any atom is 0.210 e. The van der Waals surface area contributed by atoms with Crippen molar-refractivity contribution >= 4 is 21.7 Å². The first kappa shape index (κ1) is 18.6. The Morgan fingerprint density at radius 1 is 0.815 bits per heavy atom. The zero-order chi connectivity index (χ0) is 19.3. The molecule has 0 saturated heterocycles. The van der Waals surface area contributed by atoms with E-state index in [-0.39, 0.29) is 15.4 Å². The van der Waals surface area contributed by atoms with Crippen molar-refractivity contribution in [2.24, 2.45) is 0 Å². The molecule has 0 amide bonds. The van der Waals surface area contributed by atoms with Gasteiger partial charge < -0.3 is 4.74 Å². The van der Waals surface area contributed by atoms with Crippen LogP contribution in [0, 0.1) is 0 Å². The molecule has 0 aliphatic carbocycles. The van der Waals surface area contributed by atoms with E-state index >= 15 is 0 Å². The number of allylic oxidation sites excluding steroid dienone is 1. The highest BCUT2D eigenvalue weighted by Crippen LogP contribution is 2.25. The van der Waals surface area contributed by atoms with Crippen LogP contribution in [0.3, 0.4) is 0 Å². The molecule has 4 nitrogen and oxygen atoms in total. The molecule has 3 aromatic rings. The topological polar surface area (TPSA) is 60.4 Å². The molecule has 3 aromatic carbocycles. The lowest BCUT2D eigenvalue weighted by Gasteiger charge is -2.10. The monoisotopic (exact) mass is 378 g/mol. The van der Waals surface area contributed by atoms with Gasteiger partial charge in [-0.1, -0.05) is 48.5 Å². The predicted molar refractivity (Wildman–Crippen MR) is 105 cm³/mol. The van der Waals surface area contributed by atoms with E-state index in [0.717, 1.165) is 0 Å². The summed E-state index contributed by atoms with van der Waals surface area (Å²) in [7, 11) is -2.46. The molecule has 27 heavy (non-hydrogen) atoms. The second kappa shape index (κ2) is 8.01. The second-order valence-corrected chi connectivity index (χ2v) is 7.71. The summed E-state index contributed by atoms with van der Waals surface area (Å²) in [6.07, 6.45) is 1.41. The Balaban J connectivity index is 2.13. The first-order valence-electron chi connectivity index (χ1n) is 8.28. The van der Waals surface area contributed by atoms with E-state index in [1.165, 1.54) is 25.3 Å². The van der Waals surface area contributed by atoms with E-state index in [0.29, 0.717) is 11.3 Å². The Labute approximate surface area is 158 Å². The van der Waals surface area contributed by atoms with Crippen molar-refractivity contribution in [3.05, 3.63) is 101 Å². The predicted octanol–water partition coefficient (Wildman–Crippen LogP) is 4.39. The highest BCUT2D eigenvalue weighted by Gasteiger charge is 2.27. The third-order valence-electron chi connectivity index (χ3n) is 4.02. The first-order valence-corrected chi connectivity index (χ1v) is 9.76. The molecule has 0 spiro atoms. The minimum absolute atomic E-state index is 0.0778. The van der Waals surface area contributed by atoms with Crippen LogP contribution in [0.1, 0.15) is 15.9 Å². The highest BCUT2D eigenvalue weighted by atomic mass is 32.2. The molecular weight excluding hydrogens is 360 g/mol. The Kier molecular flexibility index (Phi) is 5.52. The highest BCUT2D eigenvalue weighted by molar-refractivity contribution is 7.96. The van der Waals surface area contributed by atoms with Crippen LogP contribution in [-0.2, 0) is 9.84 Å². The molecule has 0 unspecified atom stereocenters. The molecule has 5 heteroatoms. The lowest BCUT2D eigenvalue weighted by molar-refractivity contribution is 0.104. The van der Waals surface area contributed by atoms with Crippen molar-refractivity contribution in [1.29, 1.82) is 0 Å². The summed E-state index contributed by atoms with van der Waals surface area (Å²) in [6.45, 7) is 0. The fraction of sp³-hybridized carbons (Fsp3) is 0.0455. The molecule has 0 saturated carbocycles. The lowest BCUT2D eigenvalue weighted by Crippen LogP contribution is -2.14. The van der Waals surface area contributed by atoms with Gasteiger partial charge in [-0.2, -0.15) is 0 Å². The zero-order valence-electron chi connectivity index (χ0n) is 14.7. The number of benzene rings is 3. The van der Waals surface area contributed by atoms with Gasteiger partial charge in [0, 0.05) is 5.56 Å². The Hall–Kier alpha value is -3.18. The molecule has 0 N–H and O–H groups in total. The number of ketones is 1. The fourth-order valence-corrected chi connectivity index (χ4v) is 4.00. The van der Waals surface area contributed by atoms with Gasteiger partial charge in [0.05, 0.1) is 12.0 Å². The summed E-state index contributed by atoms with van der Waals surface area (Å²) in [5.41, 5.74) is 0.909. The summed E-state index contributed by atoms with van der Waals surface area (Å²) in [5, 5.41) is 0. The maximum atomic E-state index is 13.2. The molecule has 0 bridgehead atoms. The van der Waals surface area contributed by atoms with Crippen LogP contribution in [0.5, 0.6) is 5.75 Å². The SMILES string of the molecule is COc1ccc(C(=O)/C(=C/c2ccccc2)S(=O)(=O)c2ccccc2)cc1. The van der Waals surface area contributed by atoms with Gasteiger partial charge in [-0.05, 0) is 48.0 Å². The van der Waals surface area contributed by atoms with Crippen molar-refractivity contribution in [3.8, 4) is 5.75 Å². The van der Waals surface area contributed by atoms with Crippen LogP contribution in [0.25, 0.3) is 6.08 Å². The minimum atomic E-state index is -3.98. The number of Topliss-reactive ketones (excluding diaryl/α,β-unsaturated/α-hetero) is 1. The smallest absolute Gasteiger partial charge is 0.210 e. The van der Waals surface area contributed by atoms with Gasteiger partial charge in [0.2, 0.25) is 15.6 Å². The van der Waals surface area contributed by atoms with Crippen LogP contribution in [0.4, 0.5) is 0 Å². The summed E-state index contributed by atoms with van der Waals surface area (Å²) in [6, 6.07) is 23.2. The van der Waals surface area contributed by atoms with Crippen LogP contribution in [0.15, 0.2) is 94.7 Å². The quantitative estimate of drug-likeness (QED) is 0.471. The third-order valence-corrected chi connectivity index (χ3v) is 5.79. The Morgan fingerprint density at radius 3 is 1.93 bits per heavy atom. The van der Waals surface area contributed by atoms with E-state index in [9.17, 15) is 13.2 Å². The molecular formula is C22H18O4S. The first-order chi connectivity index (χ1) is 13.0. The van der Waals surface area contributed by atoms with Gasteiger partial charge in [-0.3, -0.25) is 4.79 Å². The Bertz CT molecular complexity index is 1050. The number of methoxy groups -OCH3 is 1. The fourth-order valence-electron chi connectivity index (χ4n) is 2.58. The van der Waals surface area contributed by atoms with E-state index in [2.05, 4.69) is 0 Å². The van der Waals surface area contributed by atoms with Crippen molar-refractivity contribution in [1.82, 2.24) is 0 Å². The molecule has 0 fully saturated rings. The number of hydrogen-bond donors (Lipinski definition) is 0. The number of ether oxygens (including phenoxy) is 1. The second-order valence-electron chi connectivity index (χ2n) is 5.79. The van der Waals surface area contributed by atoms with Crippen molar-refractivity contribution in [2.75, 3.05) is 7.11 Å². The number of carbonyl (C=O) groups is 1. The van der Waals surface area contributed by atoms with Crippen LogP contribution in [-0.4, -0.2) is 21.3 Å². The minimum Gasteiger partial charge on any atom is -0.497 e. The molecule has 3 rings (SSSR count). The standard InChI is InChI=1S/C22H18O4S/c1-26-19-14-12-18(13-15-19)22(23)21(16-17-8-4-2-5-9-17)27(24,25)20-10-6-3-7-11-20/h2-16H,1H3/b21-16-. The van der Waals surface area contributed by atoms with Gasteiger partial charge in [-0.15, -0.1) is 0 Å². The van der Waals surface area contributed by atoms with Crippen molar-refractivity contribution < 1.29 is 17.9 Å². The lowest BCUT2D eigenvalue weighted by atomic mass is 10.1. The number of carbonyl (C=O) groups excluding carboxylic acids is 1. The zero-order valence-corrected chi connectivity index (χ0v) is 15.5. The molecule has 0 atom stereocenters. The number of hydrogen-bond acceptors (Lipinski definition) is 4. The molecule has 0 aliphatic heterocycles. The average Bonchev–Trinajstić information content (AvgIpc) is 2.73. The van der Waals surface area contributed by atoms with Crippen molar-refractivity contribution in [3.63, 3.8) is 0 Å². The van der Waals surface area contributed by atoms with Gasteiger partial charge in [0.25, 0.3) is 0 Å². The van der Waals surface area contributed by atoms with Gasteiger partial charge >= 0.3 is 0 Å². The molecule has 0 aliphatic rings. The van der Waals surface area contributed by atoms with E-state index in [4.69, 9.17) is 4.74 Å². The molecule has 0 heterocycles. The van der Waals surface area contributed by atoms with Crippen LogP contribution < -0.4 is 4.74 Å². The van der Waals surface area contributed by atoms with Gasteiger partial charge in [0.15, 0.2) is 0 Å². The average molecular weight is 378 g/mol. The van der Waals surface area contributed by atoms with E-state index in [1.54, 1.807) is 66.7 Å². The molecule has 136 valence electrons. The molecule has 0 aromatic heterocycles. The summed E-state index contributed by atoms with van der Waals surface area (Å²) < 4.78 is 31.4. The number of rotatable bonds is 6.